The first kappa shape index (κ1) is 11.6. The minimum atomic E-state index is -2.56. The van der Waals surface area contributed by atoms with Crippen molar-refractivity contribution in [2.75, 3.05) is 5.73 Å². The van der Waals surface area contributed by atoms with Crippen LogP contribution in [0.1, 0.15) is 30.9 Å². The predicted octanol–water partition coefficient (Wildman–Crippen LogP) is 3.62. The molecule has 1 aliphatic rings. The molecule has 3 nitrogen and oxygen atoms in total. The maximum absolute atomic E-state index is 13.3. The van der Waals surface area contributed by atoms with Gasteiger partial charge in [-0.3, -0.25) is 5.10 Å². The molecule has 0 aromatic carbocycles. The molecular formula is C12H13F2N3S. The van der Waals surface area contributed by atoms with E-state index in [4.69, 9.17) is 5.73 Å². The fourth-order valence-corrected chi connectivity index (χ4v) is 3.34. The second kappa shape index (κ2) is 4.05. The first-order chi connectivity index (χ1) is 8.57. The number of nitrogens with two attached hydrogens (primary N) is 1. The summed E-state index contributed by atoms with van der Waals surface area (Å²) in [6.07, 6.45) is 0.306. The van der Waals surface area contributed by atoms with Gasteiger partial charge in [-0.05, 0) is 17.9 Å². The molecule has 0 radical (unpaired) electrons. The fourth-order valence-electron chi connectivity index (χ4n) is 2.54. The molecule has 96 valence electrons. The van der Waals surface area contributed by atoms with Crippen LogP contribution in [-0.4, -0.2) is 16.1 Å². The van der Waals surface area contributed by atoms with Crippen molar-refractivity contribution in [1.82, 2.24) is 10.2 Å². The number of nitrogens with one attached hydrogen (secondary N) is 1. The van der Waals surface area contributed by atoms with Gasteiger partial charge in [0.25, 0.3) is 0 Å². The minimum absolute atomic E-state index is 0.0551. The maximum Gasteiger partial charge on any atom is 0.248 e. The van der Waals surface area contributed by atoms with Crippen LogP contribution >= 0.6 is 11.3 Å². The number of aromatic nitrogens is 2. The lowest BCUT2D eigenvalue weighted by atomic mass is 9.99. The molecular weight excluding hydrogens is 256 g/mol. The third kappa shape index (κ3) is 1.90. The zero-order valence-electron chi connectivity index (χ0n) is 9.62. The molecule has 1 atom stereocenters. The Morgan fingerprint density at radius 1 is 1.50 bits per heavy atom. The van der Waals surface area contributed by atoms with Crippen molar-refractivity contribution in [2.24, 2.45) is 0 Å². The molecule has 2 aromatic heterocycles. The summed E-state index contributed by atoms with van der Waals surface area (Å²) in [7, 11) is 0. The van der Waals surface area contributed by atoms with Crippen LogP contribution in [0.4, 0.5) is 14.6 Å². The van der Waals surface area contributed by atoms with E-state index in [0.717, 1.165) is 16.1 Å². The van der Waals surface area contributed by atoms with Crippen molar-refractivity contribution in [3.05, 3.63) is 23.2 Å². The molecule has 0 aliphatic heterocycles. The highest BCUT2D eigenvalue weighted by molar-refractivity contribution is 7.13. The normalized spacial score (nSPS) is 22.4. The zero-order valence-corrected chi connectivity index (χ0v) is 10.4. The van der Waals surface area contributed by atoms with Crippen molar-refractivity contribution < 1.29 is 8.78 Å². The van der Waals surface area contributed by atoms with Crippen LogP contribution in [0.5, 0.6) is 0 Å². The number of halogens is 2. The van der Waals surface area contributed by atoms with Gasteiger partial charge in [0.15, 0.2) is 5.82 Å². The first-order valence-electron chi connectivity index (χ1n) is 5.82. The van der Waals surface area contributed by atoms with Crippen molar-refractivity contribution in [2.45, 2.75) is 31.1 Å². The summed E-state index contributed by atoms with van der Waals surface area (Å²) in [5, 5.41) is 8.76. The van der Waals surface area contributed by atoms with E-state index in [1.54, 1.807) is 11.3 Å². The number of nitrogens with zero attached hydrogens (tertiary/aromatic N) is 1. The Morgan fingerprint density at radius 2 is 2.33 bits per heavy atom. The van der Waals surface area contributed by atoms with Crippen molar-refractivity contribution in [3.63, 3.8) is 0 Å². The number of alkyl halides is 2. The molecule has 18 heavy (non-hydrogen) atoms. The number of hydrogen-bond acceptors (Lipinski definition) is 3. The van der Waals surface area contributed by atoms with E-state index in [2.05, 4.69) is 10.2 Å². The largest absolute Gasteiger partial charge is 0.382 e. The summed E-state index contributed by atoms with van der Waals surface area (Å²) >= 11 is 1.54. The average molecular weight is 269 g/mol. The summed E-state index contributed by atoms with van der Waals surface area (Å²) in [4.78, 5) is 0.978. The Labute approximate surface area is 107 Å². The van der Waals surface area contributed by atoms with Crippen molar-refractivity contribution >= 4 is 17.2 Å². The lowest BCUT2D eigenvalue weighted by Crippen LogP contribution is -2.09. The number of aromatic amines is 1. The summed E-state index contributed by atoms with van der Waals surface area (Å²) < 4.78 is 26.6. The number of anilines is 1. The SMILES string of the molecule is Nc1n[nH]c(C2CCC(F)(F)C2)c1-c1cccs1. The number of H-pyrrole nitrogens is 1. The van der Waals surface area contributed by atoms with E-state index in [1.165, 1.54) is 0 Å². The van der Waals surface area contributed by atoms with Crippen LogP contribution < -0.4 is 5.73 Å². The van der Waals surface area contributed by atoms with Gasteiger partial charge in [-0.15, -0.1) is 11.3 Å². The molecule has 0 bridgehead atoms. The molecule has 6 heteroatoms. The van der Waals surface area contributed by atoms with Gasteiger partial charge in [0.1, 0.15) is 0 Å². The molecule has 1 aliphatic carbocycles. The van der Waals surface area contributed by atoms with E-state index in [0.29, 0.717) is 12.2 Å². The van der Waals surface area contributed by atoms with Crippen LogP contribution in [0.25, 0.3) is 10.4 Å². The third-order valence-electron chi connectivity index (χ3n) is 3.40. The van der Waals surface area contributed by atoms with Crippen molar-refractivity contribution in [3.8, 4) is 10.4 Å². The number of rotatable bonds is 2. The van der Waals surface area contributed by atoms with E-state index in [9.17, 15) is 8.78 Å². The summed E-state index contributed by atoms with van der Waals surface area (Å²) in [6.45, 7) is 0. The van der Waals surface area contributed by atoms with Crippen LogP contribution in [-0.2, 0) is 0 Å². The van der Waals surface area contributed by atoms with Gasteiger partial charge in [-0.2, -0.15) is 5.10 Å². The van der Waals surface area contributed by atoms with Crippen LogP contribution in [0.15, 0.2) is 17.5 Å². The van der Waals surface area contributed by atoms with Gasteiger partial charge in [0.2, 0.25) is 5.92 Å². The molecule has 3 N–H and O–H groups in total. The Kier molecular flexibility index (Phi) is 2.62. The van der Waals surface area contributed by atoms with E-state index < -0.39 is 5.92 Å². The predicted molar refractivity (Wildman–Crippen MR) is 67.9 cm³/mol. The lowest BCUT2D eigenvalue weighted by Gasteiger charge is -2.10. The van der Waals surface area contributed by atoms with E-state index >= 15 is 0 Å². The summed E-state index contributed by atoms with van der Waals surface area (Å²) in [5.74, 6) is -2.35. The minimum Gasteiger partial charge on any atom is -0.382 e. The summed E-state index contributed by atoms with van der Waals surface area (Å²) in [6, 6.07) is 3.85. The molecule has 0 saturated heterocycles. The molecule has 0 amide bonds. The average Bonchev–Trinajstić information content (AvgIpc) is 2.97. The Hall–Kier alpha value is -1.43. The van der Waals surface area contributed by atoms with Crippen LogP contribution in [0, 0.1) is 0 Å². The maximum atomic E-state index is 13.3. The molecule has 1 saturated carbocycles. The second-order valence-corrected chi connectivity index (χ2v) is 5.62. The van der Waals surface area contributed by atoms with Crippen LogP contribution in [0.2, 0.25) is 0 Å². The van der Waals surface area contributed by atoms with E-state index in [1.807, 2.05) is 17.5 Å². The highest BCUT2D eigenvalue weighted by atomic mass is 32.1. The highest BCUT2D eigenvalue weighted by Gasteiger charge is 2.41. The topological polar surface area (TPSA) is 54.7 Å². The fraction of sp³-hybridized carbons (Fsp3) is 0.417. The van der Waals surface area contributed by atoms with Gasteiger partial charge in [-0.25, -0.2) is 8.78 Å². The summed E-state index contributed by atoms with van der Waals surface area (Å²) in [5.41, 5.74) is 7.40. The van der Waals surface area contributed by atoms with Crippen LogP contribution in [0.3, 0.4) is 0 Å². The molecule has 2 heterocycles. The molecule has 2 aromatic rings. The number of hydrogen-bond donors (Lipinski definition) is 2. The highest BCUT2D eigenvalue weighted by Crippen LogP contribution is 2.47. The Balaban J connectivity index is 1.99. The Bertz CT molecular complexity index is 548. The third-order valence-corrected chi connectivity index (χ3v) is 4.29. The quantitative estimate of drug-likeness (QED) is 0.874. The van der Waals surface area contributed by atoms with Gasteiger partial charge >= 0.3 is 0 Å². The molecule has 1 unspecified atom stereocenters. The van der Waals surface area contributed by atoms with Gasteiger partial charge < -0.3 is 5.73 Å². The monoisotopic (exact) mass is 269 g/mol. The molecule has 1 fully saturated rings. The second-order valence-electron chi connectivity index (χ2n) is 4.67. The van der Waals surface area contributed by atoms with Crippen molar-refractivity contribution in [1.29, 1.82) is 0 Å². The van der Waals surface area contributed by atoms with Gasteiger partial charge in [-0.1, -0.05) is 6.07 Å². The zero-order chi connectivity index (χ0) is 12.8. The molecule has 3 rings (SSSR count). The van der Waals surface area contributed by atoms with E-state index in [-0.39, 0.29) is 18.8 Å². The number of nitrogen functional groups attached to an aromatic ring is 1. The molecule has 0 spiro atoms. The Morgan fingerprint density at radius 3 is 2.94 bits per heavy atom. The smallest absolute Gasteiger partial charge is 0.248 e. The number of thiophene rings is 1. The van der Waals surface area contributed by atoms with Gasteiger partial charge in [0.05, 0.1) is 5.56 Å². The standard InChI is InChI=1S/C12H13F2N3S/c13-12(14)4-3-7(6-12)10-9(11(15)17-16-10)8-2-1-5-18-8/h1-2,5,7H,3-4,6H2,(H3,15,16,17). The van der Waals surface area contributed by atoms with Gasteiger partial charge in [0, 0.05) is 29.3 Å². The lowest BCUT2D eigenvalue weighted by molar-refractivity contribution is 0.00768. The first-order valence-corrected chi connectivity index (χ1v) is 6.70.